The summed E-state index contributed by atoms with van der Waals surface area (Å²) in [5.41, 5.74) is 5.00. The minimum atomic E-state index is -4.49. The summed E-state index contributed by atoms with van der Waals surface area (Å²) in [7, 11) is -4.49. The Balaban J connectivity index is 0.00000169. The van der Waals surface area contributed by atoms with E-state index in [-0.39, 0.29) is 40.3 Å². The second kappa shape index (κ2) is 4.69. The van der Waals surface area contributed by atoms with Gasteiger partial charge in [-0.3, -0.25) is 4.55 Å². The molecule has 0 fully saturated rings. The van der Waals surface area contributed by atoms with Crippen LogP contribution >= 0.6 is 11.6 Å². The molecule has 8 heteroatoms. The van der Waals surface area contributed by atoms with E-state index < -0.39 is 20.8 Å². The number of benzene rings is 1. The Kier molecular flexibility index (Phi) is 4.70. The average Bonchev–Trinajstić information content (AvgIpc) is 1.94. The topological polar surface area (TPSA) is 101 Å². The molecule has 0 unspecified atom stereocenters. The molecule has 5 nitrogen and oxygen atoms in total. The van der Waals surface area contributed by atoms with Crippen LogP contribution in [0.5, 0.6) is 5.75 Å². The predicted octanol–water partition coefficient (Wildman–Crippen LogP) is 0.494. The van der Waals surface area contributed by atoms with E-state index in [1.807, 2.05) is 0 Å². The van der Waals surface area contributed by atoms with Crippen LogP contribution in [0.4, 0.5) is 5.69 Å². The van der Waals surface area contributed by atoms with E-state index in [1.54, 1.807) is 0 Å². The third-order valence-electron chi connectivity index (χ3n) is 1.35. The Hall–Kier alpha value is 0.0200. The first-order valence-corrected chi connectivity index (χ1v) is 4.89. The van der Waals surface area contributed by atoms with E-state index >= 15 is 0 Å². The summed E-state index contributed by atoms with van der Waals surface area (Å²) < 4.78 is 29.9. The molecule has 1 radical (unpaired) electrons. The Morgan fingerprint density at radius 2 is 1.86 bits per heavy atom. The zero-order valence-electron chi connectivity index (χ0n) is 7.23. The van der Waals surface area contributed by atoms with Crippen molar-refractivity contribution in [3.05, 3.63) is 17.2 Å². The normalized spacial score (nSPS) is 10.7. The Labute approximate surface area is 108 Å². The van der Waals surface area contributed by atoms with Crippen LogP contribution in [0, 0.1) is 0 Å². The van der Waals surface area contributed by atoms with Crippen molar-refractivity contribution in [2.75, 3.05) is 5.73 Å². The van der Waals surface area contributed by atoms with E-state index in [1.165, 1.54) is 6.07 Å². The SMILES string of the molecule is Nc1cc(Cl)cc(S(=O)(=O)O)c1O.[Na]. The number of halogens is 1. The molecule has 0 spiro atoms. The summed E-state index contributed by atoms with van der Waals surface area (Å²) in [6.45, 7) is 0. The van der Waals surface area contributed by atoms with E-state index in [2.05, 4.69) is 0 Å². The van der Waals surface area contributed by atoms with Crippen molar-refractivity contribution in [2.24, 2.45) is 0 Å². The quantitative estimate of drug-likeness (QED) is 0.290. The first-order valence-electron chi connectivity index (χ1n) is 3.08. The maximum absolute atomic E-state index is 10.6. The monoisotopic (exact) mass is 246 g/mol. The molecule has 4 N–H and O–H groups in total. The Bertz CT molecular complexity index is 447. The number of anilines is 1. The second-order valence-corrected chi connectivity index (χ2v) is 4.14. The van der Waals surface area contributed by atoms with Gasteiger partial charge in [-0.1, -0.05) is 11.6 Å². The van der Waals surface area contributed by atoms with Crippen molar-refractivity contribution in [1.29, 1.82) is 0 Å². The molecule has 0 aliphatic heterocycles. The van der Waals surface area contributed by atoms with Crippen LogP contribution in [-0.4, -0.2) is 47.6 Å². The minimum absolute atomic E-state index is 0. The minimum Gasteiger partial charge on any atom is -0.504 e. The van der Waals surface area contributed by atoms with Gasteiger partial charge in [0.15, 0.2) is 5.75 Å². The van der Waals surface area contributed by atoms with E-state index in [0.717, 1.165) is 6.07 Å². The standard InChI is InChI=1S/C6H6ClNO4S.Na/c7-3-1-4(8)6(9)5(2-3)13(10,11)12;/h1-2,9H,8H2,(H,10,11,12);. The molecule has 0 bridgehead atoms. The van der Waals surface area contributed by atoms with Gasteiger partial charge in [0.05, 0.1) is 5.69 Å². The first-order chi connectivity index (χ1) is 5.82. The van der Waals surface area contributed by atoms with Crippen molar-refractivity contribution in [1.82, 2.24) is 0 Å². The van der Waals surface area contributed by atoms with E-state index in [0.29, 0.717) is 0 Å². The molecular formula is C6H6ClNNaO4S. The van der Waals surface area contributed by atoms with Gasteiger partial charge in [0, 0.05) is 34.6 Å². The van der Waals surface area contributed by atoms with Crippen LogP contribution in [0.3, 0.4) is 0 Å². The molecule has 1 aromatic rings. The molecule has 0 heterocycles. The van der Waals surface area contributed by atoms with Gasteiger partial charge in [-0.15, -0.1) is 0 Å². The van der Waals surface area contributed by atoms with Gasteiger partial charge in [0.25, 0.3) is 10.1 Å². The third kappa shape index (κ3) is 3.01. The number of rotatable bonds is 1. The fourth-order valence-corrected chi connectivity index (χ4v) is 1.72. The third-order valence-corrected chi connectivity index (χ3v) is 2.43. The van der Waals surface area contributed by atoms with Crippen molar-refractivity contribution >= 4 is 57.0 Å². The second-order valence-electron chi connectivity index (χ2n) is 2.32. The molecule has 0 aliphatic carbocycles. The van der Waals surface area contributed by atoms with Crippen molar-refractivity contribution in [3.63, 3.8) is 0 Å². The molecule has 0 saturated heterocycles. The van der Waals surface area contributed by atoms with Crippen LogP contribution in [0.1, 0.15) is 0 Å². The maximum Gasteiger partial charge on any atom is 0.298 e. The molecule has 1 aromatic carbocycles. The zero-order valence-corrected chi connectivity index (χ0v) is 10.8. The fourth-order valence-electron chi connectivity index (χ4n) is 0.791. The number of phenols is 1. The van der Waals surface area contributed by atoms with Crippen LogP contribution in [0.25, 0.3) is 0 Å². The molecule has 0 amide bonds. The van der Waals surface area contributed by atoms with Gasteiger partial charge in [0.1, 0.15) is 4.90 Å². The molecule has 0 saturated carbocycles. The van der Waals surface area contributed by atoms with Crippen LogP contribution in [0.15, 0.2) is 17.0 Å². The molecule has 0 aromatic heterocycles. The number of phenolic OH excluding ortho intramolecular Hbond substituents is 1. The van der Waals surface area contributed by atoms with Gasteiger partial charge in [-0.2, -0.15) is 8.42 Å². The molecule has 0 atom stereocenters. The smallest absolute Gasteiger partial charge is 0.298 e. The van der Waals surface area contributed by atoms with Crippen LogP contribution in [-0.2, 0) is 10.1 Å². The largest absolute Gasteiger partial charge is 0.504 e. The number of nitrogen functional groups attached to an aromatic ring is 1. The fraction of sp³-hybridized carbons (Fsp3) is 0. The zero-order chi connectivity index (χ0) is 10.2. The number of hydrogen-bond acceptors (Lipinski definition) is 4. The summed E-state index contributed by atoms with van der Waals surface area (Å²) in [6.07, 6.45) is 0. The van der Waals surface area contributed by atoms with Crippen molar-refractivity contribution in [2.45, 2.75) is 4.90 Å². The van der Waals surface area contributed by atoms with Gasteiger partial charge in [-0.05, 0) is 12.1 Å². The molecule has 73 valence electrons. The number of aromatic hydroxyl groups is 1. The van der Waals surface area contributed by atoms with E-state index in [9.17, 15) is 8.42 Å². The molecule has 1 rings (SSSR count). The van der Waals surface area contributed by atoms with Gasteiger partial charge >= 0.3 is 0 Å². The summed E-state index contributed by atoms with van der Waals surface area (Å²) in [5.74, 6) is -0.702. The summed E-state index contributed by atoms with van der Waals surface area (Å²) in [6, 6.07) is 2.08. The van der Waals surface area contributed by atoms with E-state index in [4.69, 9.17) is 27.0 Å². The predicted molar refractivity (Wildman–Crippen MR) is 53.1 cm³/mol. The molecule has 0 aliphatic rings. The first kappa shape index (κ1) is 14.0. The summed E-state index contributed by atoms with van der Waals surface area (Å²) >= 11 is 5.46. The van der Waals surface area contributed by atoms with Crippen molar-refractivity contribution in [3.8, 4) is 5.75 Å². The number of hydrogen-bond donors (Lipinski definition) is 3. The van der Waals surface area contributed by atoms with Gasteiger partial charge < -0.3 is 10.8 Å². The number of nitrogens with two attached hydrogens (primary N) is 1. The van der Waals surface area contributed by atoms with Crippen molar-refractivity contribution < 1.29 is 18.1 Å². The summed E-state index contributed by atoms with van der Waals surface area (Å²) in [5, 5.41) is 9.15. The maximum atomic E-state index is 10.6. The average molecular weight is 247 g/mol. The van der Waals surface area contributed by atoms with Gasteiger partial charge in [0.2, 0.25) is 0 Å². The van der Waals surface area contributed by atoms with Crippen LogP contribution < -0.4 is 5.73 Å². The van der Waals surface area contributed by atoms with Gasteiger partial charge in [-0.25, -0.2) is 0 Å². The Morgan fingerprint density at radius 1 is 1.36 bits per heavy atom. The molecule has 14 heavy (non-hydrogen) atoms. The van der Waals surface area contributed by atoms with Crippen LogP contribution in [0.2, 0.25) is 5.02 Å². The molecular weight excluding hydrogens is 241 g/mol. The summed E-state index contributed by atoms with van der Waals surface area (Å²) in [4.78, 5) is -0.697. The Morgan fingerprint density at radius 3 is 2.29 bits per heavy atom.